The first-order valence-electron chi connectivity index (χ1n) is 9.65. The van der Waals surface area contributed by atoms with Gasteiger partial charge in [0.2, 0.25) is 5.95 Å². The van der Waals surface area contributed by atoms with Crippen molar-refractivity contribution in [2.24, 2.45) is 0 Å². The van der Waals surface area contributed by atoms with Gasteiger partial charge in [0.25, 0.3) is 5.91 Å². The minimum Gasteiger partial charge on any atom is -0.471 e. The second-order valence-electron chi connectivity index (χ2n) is 7.13. The number of carbonyl (C=O) groups excluding carboxylic acids is 1. The van der Waals surface area contributed by atoms with Gasteiger partial charge < -0.3 is 4.74 Å². The van der Waals surface area contributed by atoms with E-state index < -0.39 is 5.91 Å². The summed E-state index contributed by atoms with van der Waals surface area (Å²) in [5.74, 6) is 0.500. The summed E-state index contributed by atoms with van der Waals surface area (Å²) in [4.78, 5) is 16.6. The Morgan fingerprint density at radius 2 is 1.87 bits per heavy atom. The lowest BCUT2D eigenvalue weighted by atomic mass is 10.1. The minimum atomic E-state index is -0.394. The summed E-state index contributed by atoms with van der Waals surface area (Å²) in [5.41, 5.74) is 3.46. The molecule has 31 heavy (non-hydrogen) atoms. The van der Waals surface area contributed by atoms with Crippen LogP contribution in [-0.2, 0) is 13.3 Å². The van der Waals surface area contributed by atoms with Gasteiger partial charge in [0.1, 0.15) is 12.1 Å². The topological polar surface area (TPSA) is 86.9 Å². The van der Waals surface area contributed by atoms with Crippen LogP contribution in [0.25, 0.3) is 0 Å². The van der Waals surface area contributed by atoms with Gasteiger partial charge in [-0.3, -0.25) is 10.1 Å². The van der Waals surface area contributed by atoms with Crippen LogP contribution in [0.5, 0.6) is 5.75 Å². The van der Waals surface area contributed by atoms with E-state index in [1.165, 1.54) is 10.2 Å². The Bertz CT molecular complexity index is 1200. The van der Waals surface area contributed by atoms with Gasteiger partial charge in [0.15, 0.2) is 12.4 Å². The van der Waals surface area contributed by atoms with E-state index in [1.54, 1.807) is 35.4 Å². The normalized spacial score (nSPS) is 10.8. The molecule has 0 bridgehead atoms. The molecule has 4 rings (SSSR count). The smallest absolute Gasteiger partial charge is 0.278 e. The Hall–Kier alpha value is -3.65. The summed E-state index contributed by atoms with van der Waals surface area (Å²) in [6.07, 6.45) is 3.25. The molecule has 2 heterocycles. The first kappa shape index (κ1) is 20.6. The predicted molar refractivity (Wildman–Crippen MR) is 117 cm³/mol. The second-order valence-corrected chi connectivity index (χ2v) is 7.54. The van der Waals surface area contributed by atoms with Crippen molar-refractivity contribution in [3.8, 4) is 5.75 Å². The van der Waals surface area contributed by atoms with Crippen LogP contribution in [0.2, 0.25) is 5.02 Å². The van der Waals surface area contributed by atoms with Crippen LogP contribution < -0.4 is 10.1 Å². The SMILES string of the molecule is Cc1ccc(Cn2cnc(NC(=O)c3ccn(COc4ccc(Cl)c(C)c4)n3)n2)cc1. The Labute approximate surface area is 184 Å². The number of halogens is 1. The first-order chi connectivity index (χ1) is 15.0. The average Bonchev–Trinajstić information content (AvgIpc) is 3.40. The molecule has 0 unspecified atom stereocenters. The van der Waals surface area contributed by atoms with Crippen LogP contribution in [0.4, 0.5) is 5.95 Å². The van der Waals surface area contributed by atoms with Crippen LogP contribution in [0, 0.1) is 13.8 Å². The number of nitrogens with one attached hydrogen (secondary N) is 1. The Morgan fingerprint density at radius 1 is 1.06 bits per heavy atom. The maximum absolute atomic E-state index is 12.5. The standard InChI is InChI=1S/C22H21ClN6O2/c1-15-3-5-17(6-4-15)12-29-13-24-22(27-29)25-21(30)20-9-10-28(26-20)14-31-18-7-8-19(23)16(2)11-18/h3-11,13H,12,14H2,1-2H3,(H,25,27,30). The number of hydrogen-bond acceptors (Lipinski definition) is 5. The first-order valence-corrected chi connectivity index (χ1v) is 10.0. The third-order valence-corrected chi connectivity index (χ3v) is 5.02. The highest BCUT2D eigenvalue weighted by molar-refractivity contribution is 6.31. The van der Waals surface area contributed by atoms with Crippen LogP contribution >= 0.6 is 11.6 Å². The number of nitrogens with zero attached hydrogens (tertiary/aromatic N) is 5. The number of amides is 1. The molecule has 0 radical (unpaired) electrons. The molecule has 4 aromatic rings. The van der Waals surface area contributed by atoms with Crippen molar-refractivity contribution in [3.05, 3.63) is 88.5 Å². The van der Waals surface area contributed by atoms with Gasteiger partial charge in [-0.1, -0.05) is 41.4 Å². The summed E-state index contributed by atoms with van der Waals surface area (Å²) >= 11 is 6.02. The van der Waals surface area contributed by atoms with Gasteiger partial charge in [0, 0.05) is 11.2 Å². The molecule has 8 nitrogen and oxygen atoms in total. The fourth-order valence-electron chi connectivity index (χ4n) is 2.88. The molecule has 1 N–H and O–H groups in total. The van der Waals surface area contributed by atoms with E-state index in [9.17, 15) is 4.79 Å². The molecule has 0 aliphatic heterocycles. The number of rotatable bonds is 7. The summed E-state index contributed by atoms with van der Waals surface area (Å²) in [6.45, 7) is 4.68. The average molecular weight is 437 g/mol. The molecular weight excluding hydrogens is 416 g/mol. The summed E-state index contributed by atoms with van der Waals surface area (Å²) in [6, 6.07) is 15.2. The van der Waals surface area contributed by atoms with E-state index in [-0.39, 0.29) is 18.4 Å². The molecule has 0 saturated carbocycles. The van der Waals surface area contributed by atoms with Crippen LogP contribution in [-0.4, -0.2) is 30.5 Å². The molecule has 0 aliphatic carbocycles. The molecular formula is C22H21ClN6O2. The van der Waals surface area contributed by atoms with Crippen molar-refractivity contribution in [2.75, 3.05) is 5.32 Å². The molecule has 0 fully saturated rings. The molecule has 158 valence electrons. The van der Waals surface area contributed by atoms with Gasteiger partial charge in [0.05, 0.1) is 6.54 Å². The van der Waals surface area contributed by atoms with Crippen molar-refractivity contribution < 1.29 is 9.53 Å². The fraction of sp³-hybridized carbons (Fsp3) is 0.182. The fourth-order valence-corrected chi connectivity index (χ4v) is 2.99. The number of carbonyl (C=O) groups is 1. The highest BCUT2D eigenvalue weighted by atomic mass is 35.5. The maximum atomic E-state index is 12.5. The zero-order valence-corrected chi connectivity index (χ0v) is 17.9. The Balaban J connectivity index is 1.33. The zero-order valence-electron chi connectivity index (χ0n) is 17.1. The van der Waals surface area contributed by atoms with Gasteiger partial charge in [-0.05, 0) is 49.2 Å². The number of benzene rings is 2. The number of aryl methyl sites for hydroxylation is 2. The molecule has 9 heteroatoms. The highest BCUT2D eigenvalue weighted by Gasteiger charge is 2.13. The monoisotopic (exact) mass is 436 g/mol. The highest BCUT2D eigenvalue weighted by Crippen LogP contribution is 2.21. The second kappa shape index (κ2) is 9.01. The van der Waals surface area contributed by atoms with Gasteiger partial charge >= 0.3 is 0 Å². The van der Waals surface area contributed by atoms with Gasteiger partial charge in [-0.2, -0.15) is 5.10 Å². The maximum Gasteiger partial charge on any atom is 0.278 e. The molecule has 0 aliphatic rings. The lowest BCUT2D eigenvalue weighted by Crippen LogP contribution is -2.15. The summed E-state index contributed by atoms with van der Waals surface area (Å²) in [7, 11) is 0. The van der Waals surface area contributed by atoms with Crippen LogP contribution in [0.1, 0.15) is 27.2 Å². The minimum absolute atomic E-state index is 0.164. The van der Waals surface area contributed by atoms with Crippen molar-refractivity contribution in [3.63, 3.8) is 0 Å². The van der Waals surface area contributed by atoms with Crippen LogP contribution in [0.3, 0.4) is 0 Å². The summed E-state index contributed by atoms with van der Waals surface area (Å²) in [5, 5.41) is 11.9. The van der Waals surface area contributed by atoms with Crippen molar-refractivity contribution in [1.82, 2.24) is 24.5 Å². The predicted octanol–water partition coefficient (Wildman–Crippen LogP) is 4.08. The molecule has 0 atom stereocenters. The van der Waals surface area contributed by atoms with E-state index >= 15 is 0 Å². The molecule has 0 saturated heterocycles. The lowest BCUT2D eigenvalue weighted by Gasteiger charge is -2.07. The van der Waals surface area contributed by atoms with E-state index in [2.05, 4.69) is 20.5 Å². The Morgan fingerprint density at radius 3 is 2.65 bits per heavy atom. The van der Waals surface area contributed by atoms with Gasteiger partial charge in [-0.15, -0.1) is 5.10 Å². The van der Waals surface area contributed by atoms with E-state index in [1.807, 2.05) is 44.2 Å². The quantitative estimate of drug-likeness (QED) is 0.471. The molecule has 1 amide bonds. The third-order valence-electron chi connectivity index (χ3n) is 4.59. The molecule has 2 aromatic heterocycles. The number of ether oxygens (including phenoxy) is 1. The van der Waals surface area contributed by atoms with E-state index in [0.717, 1.165) is 11.1 Å². The van der Waals surface area contributed by atoms with E-state index in [4.69, 9.17) is 16.3 Å². The van der Waals surface area contributed by atoms with Gasteiger partial charge in [-0.25, -0.2) is 14.3 Å². The Kier molecular flexibility index (Phi) is 5.99. The van der Waals surface area contributed by atoms with Crippen molar-refractivity contribution >= 4 is 23.5 Å². The van der Waals surface area contributed by atoms with Crippen LogP contribution in [0.15, 0.2) is 61.1 Å². The zero-order chi connectivity index (χ0) is 21.8. The van der Waals surface area contributed by atoms with Crippen molar-refractivity contribution in [2.45, 2.75) is 27.1 Å². The molecule has 2 aromatic carbocycles. The van der Waals surface area contributed by atoms with E-state index in [0.29, 0.717) is 17.3 Å². The lowest BCUT2D eigenvalue weighted by molar-refractivity contribution is 0.101. The molecule has 0 spiro atoms. The number of aromatic nitrogens is 5. The largest absolute Gasteiger partial charge is 0.471 e. The number of hydrogen-bond donors (Lipinski definition) is 1. The third kappa shape index (κ3) is 5.29. The number of anilines is 1. The van der Waals surface area contributed by atoms with Crippen molar-refractivity contribution in [1.29, 1.82) is 0 Å². The summed E-state index contributed by atoms with van der Waals surface area (Å²) < 4.78 is 8.89.